The molecule has 0 saturated carbocycles. The third kappa shape index (κ3) is 2.80. The van der Waals surface area contributed by atoms with E-state index in [1.54, 1.807) is 34.9 Å². The number of primary amides is 1. The quantitative estimate of drug-likeness (QED) is 0.581. The van der Waals surface area contributed by atoms with E-state index in [1.165, 1.54) is 0 Å². The van der Waals surface area contributed by atoms with Crippen molar-refractivity contribution in [2.45, 2.75) is 20.1 Å². The third-order valence-corrected chi connectivity index (χ3v) is 4.40. The average molecular weight is 363 g/mol. The number of ether oxygens (including phenoxy) is 1. The second-order valence-corrected chi connectivity index (χ2v) is 6.00. The maximum absolute atomic E-state index is 12.7. The number of hydrogen-bond donors (Lipinski definition) is 1. The number of fused-ring (bicyclic) bond motifs is 3. The molecular formula is C19H17N5O3. The minimum atomic E-state index is -0.492. The van der Waals surface area contributed by atoms with Crippen molar-refractivity contribution in [3.63, 3.8) is 0 Å². The number of carbonyl (C=O) groups is 1. The Bertz CT molecular complexity index is 1210. The molecule has 0 fully saturated rings. The van der Waals surface area contributed by atoms with Gasteiger partial charge in [-0.15, -0.1) is 10.2 Å². The summed E-state index contributed by atoms with van der Waals surface area (Å²) in [5.74, 6) is 1.13. The minimum Gasteiger partial charge on any atom is -0.486 e. The Morgan fingerprint density at radius 1 is 1.11 bits per heavy atom. The zero-order chi connectivity index (χ0) is 19.0. The van der Waals surface area contributed by atoms with Crippen molar-refractivity contribution in [1.29, 1.82) is 0 Å². The number of amides is 1. The lowest BCUT2D eigenvalue weighted by Gasteiger charge is -2.10. The fraction of sp³-hybridized carbons (Fsp3) is 0.158. The van der Waals surface area contributed by atoms with Gasteiger partial charge in [0.25, 0.3) is 5.56 Å². The number of carbonyl (C=O) groups excluding carboxylic acids is 1. The molecule has 4 aromatic rings. The standard InChI is InChI=1S/C19H17N5O3/c1-2-23-18(26)14-5-3-4-6-15(14)24-16(21-22-19(23)24)11-27-13-9-7-12(8-10-13)17(20)25/h3-10H,2,11H2,1H3,(H2,20,25). The van der Waals surface area contributed by atoms with E-state index in [0.29, 0.717) is 34.8 Å². The molecule has 0 aliphatic carbocycles. The van der Waals surface area contributed by atoms with Gasteiger partial charge in [-0.1, -0.05) is 12.1 Å². The molecule has 0 saturated heterocycles. The number of para-hydroxylation sites is 1. The van der Waals surface area contributed by atoms with Crippen LogP contribution in [0.2, 0.25) is 0 Å². The van der Waals surface area contributed by atoms with Crippen LogP contribution < -0.4 is 16.0 Å². The maximum Gasteiger partial charge on any atom is 0.262 e. The smallest absolute Gasteiger partial charge is 0.262 e. The summed E-state index contributed by atoms with van der Waals surface area (Å²) in [4.78, 5) is 23.8. The summed E-state index contributed by atoms with van der Waals surface area (Å²) in [7, 11) is 0. The first-order chi connectivity index (χ1) is 13.1. The second-order valence-electron chi connectivity index (χ2n) is 6.00. The van der Waals surface area contributed by atoms with Crippen LogP contribution in [-0.2, 0) is 13.2 Å². The molecule has 8 nitrogen and oxygen atoms in total. The fourth-order valence-electron chi connectivity index (χ4n) is 3.06. The van der Waals surface area contributed by atoms with E-state index in [0.717, 1.165) is 5.52 Å². The summed E-state index contributed by atoms with van der Waals surface area (Å²) >= 11 is 0. The highest BCUT2D eigenvalue weighted by Crippen LogP contribution is 2.17. The largest absolute Gasteiger partial charge is 0.486 e. The van der Waals surface area contributed by atoms with Crippen LogP contribution in [0, 0.1) is 0 Å². The third-order valence-electron chi connectivity index (χ3n) is 4.40. The molecule has 2 N–H and O–H groups in total. The summed E-state index contributed by atoms with van der Waals surface area (Å²) in [5, 5.41) is 8.99. The van der Waals surface area contributed by atoms with E-state index in [9.17, 15) is 9.59 Å². The Morgan fingerprint density at radius 3 is 2.56 bits per heavy atom. The predicted molar refractivity (Wildman–Crippen MR) is 99.7 cm³/mol. The van der Waals surface area contributed by atoms with Crippen molar-refractivity contribution < 1.29 is 9.53 Å². The van der Waals surface area contributed by atoms with E-state index in [2.05, 4.69) is 10.2 Å². The van der Waals surface area contributed by atoms with Crippen LogP contribution in [0.1, 0.15) is 23.1 Å². The molecule has 1 amide bonds. The Kier molecular flexibility index (Phi) is 4.08. The molecule has 0 aliphatic rings. The Labute approximate surface area is 153 Å². The van der Waals surface area contributed by atoms with E-state index in [1.807, 2.05) is 29.5 Å². The minimum absolute atomic E-state index is 0.0949. The number of nitrogens with two attached hydrogens (primary N) is 1. The Hall–Kier alpha value is -3.68. The summed E-state index contributed by atoms with van der Waals surface area (Å²) in [6, 6.07) is 13.9. The van der Waals surface area contributed by atoms with Crippen molar-refractivity contribution in [3.05, 3.63) is 70.3 Å². The van der Waals surface area contributed by atoms with Gasteiger partial charge >= 0.3 is 0 Å². The normalized spacial score (nSPS) is 11.1. The summed E-state index contributed by atoms with van der Waals surface area (Å²) in [6.45, 7) is 2.53. The molecular weight excluding hydrogens is 346 g/mol. The lowest BCUT2D eigenvalue weighted by Crippen LogP contribution is -2.22. The SMILES string of the molecule is CCn1c(=O)c2ccccc2n2c(COc3ccc(C(N)=O)cc3)nnc12. The summed E-state index contributed by atoms with van der Waals surface area (Å²) in [6.07, 6.45) is 0. The highest BCUT2D eigenvalue weighted by Gasteiger charge is 2.15. The van der Waals surface area contributed by atoms with Gasteiger partial charge in [0.2, 0.25) is 11.7 Å². The van der Waals surface area contributed by atoms with Crippen LogP contribution in [0.25, 0.3) is 16.7 Å². The number of rotatable bonds is 5. The first-order valence-corrected chi connectivity index (χ1v) is 8.48. The van der Waals surface area contributed by atoms with Crippen LogP contribution in [0.4, 0.5) is 0 Å². The molecule has 0 aliphatic heterocycles. The maximum atomic E-state index is 12.7. The van der Waals surface area contributed by atoms with Gasteiger partial charge in [-0.25, -0.2) is 0 Å². The number of aromatic nitrogens is 4. The van der Waals surface area contributed by atoms with Crippen molar-refractivity contribution in [3.8, 4) is 5.75 Å². The zero-order valence-corrected chi connectivity index (χ0v) is 14.6. The molecule has 0 bridgehead atoms. The fourth-order valence-corrected chi connectivity index (χ4v) is 3.06. The van der Waals surface area contributed by atoms with Crippen molar-refractivity contribution in [2.75, 3.05) is 0 Å². The van der Waals surface area contributed by atoms with E-state index in [-0.39, 0.29) is 12.2 Å². The molecule has 0 unspecified atom stereocenters. The zero-order valence-electron chi connectivity index (χ0n) is 14.6. The number of aryl methyl sites for hydroxylation is 1. The first-order valence-electron chi connectivity index (χ1n) is 8.48. The molecule has 0 spiro atoms. The summed E-state index contributed by atoms with van der Waals surface area (Å²) < 4.78 is 9.20. The van der Waals surface area contributed by atoms with E-state index < -0.39 is 5.91 Å². The lowest BCUT2D eigenvalue weighted by molar-refractivity contribution is 0.1000. The van der Waals surface area contributed by atoms with Gasteiger partial charge in [0.1, 0.15) is 12.4 Å². The summed E-state index contributed by atoms with van der Waals surface area (Å²) in [5.41, 5.74) is 6.29. The number of hydrogen-bond acceptors (Lipinski definition) is 5. The molecule has 136 valence electrons. The van der Waals surface area contributed by atoms with Gasteiger partial charge in [0.15, 0.2) is 5.82 Å². The monoisotopic (exact) mass is 363 g/mol. The Balaban J connectivity index is 1.75. The van der Waals surface area contributed by atoms with Crippen molar-refractivity contribution >= 4 is 22.6 Å². The highest BCUT2D eigenvalue weighted by molar-refractivity contribution is 5.92. The molecule has 4 rings (SSSR count). The molecule has 2 heterocycles. The molecule has 8 heteroatoms. The van der Waals surface area contributed by atoms with E-state index >= 15 is 0 Å². The van der Waals surface area contributed by atoms with Crippen LogP contribution in [0.3, 0.4) is 0 Å². The average Bonchev–Trinajstić information content (AvgIpc) is 3.11. The van der Waals surface area contributed by atoms with Crippen LogP contribution in [-0.4, -0.2) is 25.1 Å². The number of benzene rings is 2. The predicted octanol–water partition coefficient (Wildman–Crippen LogP) is 1.74. The van der Waals surface area contributed by atoms with E-state index in [4.69, 9.17) is 10.5 Å². The molecule has 0 atom stereocenters. The van der Waals surface area contributed by atoms with Crippen LogP contribution in [0.5, 0.6) is 5.75 Å². The van der Waals surface area contributed by atoms with Gasteiger partial charge in [-0.3, -0.25) is 18.6 Å². The van der Waals surface area contributed by atoms with Gasteiger partial charge < -0.3 is 10.5 Å². The van der Waals surface area contributed by atoms with Crippen molar-refractivity contribution in [1.82, 2.24) is 19.2 Å². The molecule has 0 radical (unpaired) electrons. The van der Waals surface area contributed by atoms with Crippen molar-refractivity contribution in [2.24, 2.45) is 5.73 Å². The second kappa shape index (κ2) is 6.56. The Morgan fingerprint density at radius 2 is 1.85 bits per heavy atom. The van der Waals surface area contributed by atoms with Gasteiger partial charge in [0, 0.05) is 12.1 Å². The van der Waals surface area contributed by atoms with Gasteiger partial charge in [0.05, 0.1) is 10.9 Å². The van der Waals surface area contributed by atoms with Gasteiger partial charge in [-0.2, -0.15) is 0 Å². The number of nitrogens with zero attached hydrogens (tertiary/aromatic N) is 4. The highest BCUT2D eigenvalue weighted by atomic mass is 16.5. The lowest BCUT2D eigenvalue weighted by atomic mass is 10.2. The molecule has 2 aromatic heterocycles. The van der Waals surface area contributed by atoms with Crippen LogP contribution in [0.15, 0.2) is 53.3 Å². The molecule has 2 aromatic carbocycles. The van der Waals surface area contributed by atoms with Crippen LogP contribution >= 0.6 is 0 Å². The first kappa shape index (κ1) is 16.8. The van der Waals surface area contributed by atoms with Gasteiger partial charge in [-0.05, 0) is 43.3 Å². The molecule has 27 heavy (non-hydrogen) atoms. The topological polar surface area (TPSA) is 105 Å².